The molecule has 0 aliphatic heterocycles. The molecule has 0 rings (SSSR count). The average Bonchev–Trinajstić information content (AvgIpc) is 0. The molecular weight excluding hydrogens is 234 g/mol. The Morgan fingerprint density at radius 1 is 0.750 bits per heavy atom. The third-order valence-corrected chi connectivity index (χ3v) is 0. The van der Waals surface area contributed by atoms with E-state index >= 15 is 0 Å². The van der Waals surface area contributed by atoms with Crippen molar-refractivity contribution < 1.29 is 36.9 Å². The van der Waals surface area contributed by atoms with Gasteiger partial charge in [-0.2, -0.15) is 0 Å². The van der Waals surface area contributed by atoms with Crippen molar-refractivity contribution in [1.29, 1.82) is 0 Å². The molecule has 2 N–H and O–H groups in total. The number of hydrogen-bond acceptors (Lipinski definition) is 0. The van der Waals surface area contributed by atoms with Crippen LogP contribution >= 0.6 is 0 Å². The maximum absolute atomic E-state index is 0. The molecule has 31 valence electrons. The summed E-state index contributed by atoms with van der Waals surface area (Å²) in [5.41, 5.74) is 0. The van der Waals surface area contributed by atoms with Gasteiger partial charge in [-0.3, -0.25) is 0 Å². The molecule has 0 aliphatic rings. The summed E-state index contributed by atoms with van der Waals surface area (Å²) < 4.78 is 0. The summed E-state index contributed by atoms with van der Waals surface area (Å²) in [7, 11) is 0. The summed E-state index contributed by atoms with van der Waals surface area (Å²) in [5.74, 6) is 0. The molecule has 0 heterocycles. The molecule has 0 atom stereocenters. The normalized spacial score (nSPS) is 0. The van der Waals surface area contributed by atoms with Crippen LogP contribution < -0.4 is 0 Å². The standard InChI is InChI=1S/H2O.2O.Re/h1H2;;;/q;2*-2;. The molecule has 4 heteroatoms. The SMILES string of the molecule is O.[O-2].[O-2].[Re]. The van der Waals surface area contributed by atoms with Crippen LogP contribution in [0.5, 0.6) is 0 Å². The quantitative estimate of drug-likeness (QED) is 0.513. The minimum absolute atomic E-state index is 0. The zero-order valence-corrected chi connectivity index (χ0v) is 4.41. The fraction of sp³-hybridized carbons (Fsp3) is 0. The van der Waals surface area contributed by atoms with Crippen molar-refractivity contribution in [2.75, 3.05) is 0 Å². The van der Waals surface area contributed by atoms with Crippen molar-refractivity contribution in [3.63, 3.8) is 0 Å². The maximum Gasteiger partial charge on any atom is 0 e. The maximum atomic E-state index is 0. The monoisotopic (exact) mass is 237 g/mol. The third-order valence-electron chi connectivity index (χ3n) is 0. The predicted octanol–water partition coefficient (Wildman–Crippen LogP) is -1.06. The fourth-order valence-corrected chi connectivity index (χ4v) is 0. The molecule has 1 radical (unpaired) electrons. The van der Waals surface area contributed by atoms with Crippen LogP contribution in [0.15, 0.2) is 0 Å². The Labute approximate surface area is 37.6 Å². The molecule has 0 aromatic heterocycles. The Hall–Kier alpha value is 0.542. The molecule has 0 amide bonds. The summed E-state index contributed by atoms with van der Waals surface area (Å²) in [4.78, 5) is 0. The molecular formula is H2O3Re-4. The summed E-state index contributed by atoms with van der Waals surface area (Å²) >= 11 is 0. The Morgan fingerprint density at radius 3 is 0.750 bits per heavy atom. The summed E-state index contributed by atoms with van der Waals surface area (Å²) in [6, 6.07) is 0. The van der Waals surface area contributed by atoms with E-state index in [2.05, 4.69) is 0 Å². The van der Waals surface area contributed by atoms with Gasteiger partial charge in [-0.05, 0) is 0 Å². The van der Waals surface area contributed by atoms with Crippen molar-refractivity contribution in [3.8, 4) is 0 Å². The molecule has 0 bridgehead atoms. The first-order valence-electron chi connectivity index (χ1n) is 0. The van der Waals surface area contributed by atoms with Gasteiger partial charge in [-0.1, -0.05) is 0 Å². The molecule has 0 fully saturated rings. The van der Waals surface area contributed by atoms with E-state index in [1.165, 1.54) is 0 Å². The van der Waals surface area contributed by atoms with Crippen LogP contribution in [0.4, 0.5) is 0 Å². The van der Waals surface area contributed by atoms with Crippen molar-refractivity contribution in [2.24, 2.45) is 0 Å². The zero-order chi connectivity index (χ0) is 0. The van der Waals surface area contributed by atoms with E-state index in [-0.39, 0.29) is 36.9 Å². The molecule has 0 aromatic carbocycles. The smallest absolute Gasteiger partial charge is 0 e. The van der Waals surface area contributed by atoms with Gasteiger partial charge in [0.25, 0.3) is 0 Å². The Balaban J connectivity index is 0. The molecule has 0 unspecified atom stereocenters. The number of rotatable bonds is 0. The molecule has 0 saturated heterocycles. The van der Waals surface area contributed by atoms with Crippen LogP contribution in [0.25, 0.3) is 0 Å². The average molecular weight is 236 g/mol. The van der Waals surface area contributed by atoms with Gasteiger partial charge < -0.3 is 16.4 Å². The van der Waals surface area contributed by atoms with Crippen molar-refractivity contribution in [2.45, 2.75) is 0 Å². The first-order chi connectivity index (χ1) is 0. The van der Waals surface area contributed by atoms with Gasteiger partial charge in [0.2, 0.25) is 0 Å². The predicted molar refractivity (Wildman–Crippen MR) is 4.99 cm³/mol. The topological polar surface area (TPSA) is 88.5 Å². The van der Waals surface area contributed by atoms with E-state index in [9.17, 15) is 0 Å². The van der Waals surface area contributed by atoms with Crippen LogP contribution in [-0.2, 0) is 31.4 Å². The molecule has 0 spiro atoms. The zero-order valence-electron chi connectivity index (χ0n) is 1.69. The minimum atomic E-state index is 0. The third kappa shape index (κ3) is 20.6. The van der Waals surface area contributed by atoms with Gasteiger partial charge >= 0.3 is 0 Å². The van der Waals surface area contributed by atoms with Gasteiger partial charge in [0, 0.05) is 20.4 Å². The van der Waals surface area contributed by atoms with E-state index in [1.54, 1.807) is 0 Å². The Morgan fingerprint density at radius 2 is 0.750 bits per heavy atom. The van der Waals surface area contributed by atoms with Crippen LogP contribution in [0.1, 0.15) is 0 Å². The van der Waals surface area contributed by atoms with Crippen LogP contribution in [0.2, 0.25) is 0 Å². The second kappa shape index (κ2) is 77.8. The van der Waals surface area contributed by atoms with E-state index in [0.717, 1.165) is 0 Å². The Bertz CT molecular complexity index is 3.25. The van der Waals surface area contributed by atoms with Gasteiger partial charge in [0.05, 0.1) is 0 Å². The Kier molecular flexibility index (Phi) is 3770. The summed E-state index contributed by atoms with van der Waals surface area (Å²) in [6.45, 7) is 0. The first kappa shape index (κ1) is 194. The van der Waals surface area contributed by atoms with Crippen molar-refractivity contribution in [1.82, 2.24) is 0 Å². The molecule has 0 aliphatic carbocycles. The second-order valence-electron chi connectivity index (χ2n) is 0. The van der Waals surface area contributed by atoms with Gasteiger partial charge in [0.1, 0.15) is 0 Å². The van der Waals surface area contributed by atoms with Gasteiger partial charge in [-0.25, -0.2) is 0 Å². The summed E-state index contributed by atoms with van der Waals surface area (Å²) in [5, 5.41) is 0. The van der Waals surface area contributed by atoms with Crippen LogP contribution in [0, 0.1) is 0 Å². The molecule has 0 saturated carbocycles. The largest absolute Gasteiger partial charge is 2.00 e. The van der Waals surface area contributed by atoms with E-state index in [4.69, 9.17) is 0 Å². The molecule has 0 aromatic rings. The van der Waals surface area contributed by atoms with E-state index in [0.29, 0.717) is 0 Å². The second-order valence-corrected chi connectivity index (χ2v) is 0. The summed E-state index contributed by atoms with van der Waals surface area (Å²) in [6.07, 6.45) is 0. The van der Waals surface area contributed by atoms with Crippen LogP contribution in [-0.4, -0.2) is 5.48 Å². The number of hydrogen-bond donors (Lipinski definition) is 0. The van der Waals surface area contributed by atoms with Gasteiger partial charge in [0.15, 0.2) is 0 Å². The van der Waals surface area contributed by atoms with E-state index in [1.807, 2.05) is 0 Å². The fourth-order valence-electron chi connectivity index (χ4n) is 0. The van der Waals surface area contributed by atoms with Crippen molar-refractivity contribution in [3.05, 3.63) is 0 Å². The minimum Gasteiger partial charge on any atom is -2.00 e. The van der Waals surface area contributed by atoms with E-state index < -0.39 is 0 Å². The molecule has 3 nitrogen and oxygen atoms in total. The van der Waals surface area contributed by atoms with Crippen molar-refractivity contribution >= 4 is 0 Å². The first-order valence-corrected chi connectivity index (χ1v) is 0. The van der Waals surface area contributed by atoms with Crippen LogP contribution in [0.3, 0.4) is 0 Å². The molecule has 4 heavy (non-hydrogen) atoms. The van der Waals surface area contributed by atoms with Gasteiger partial charge in [-0.15, -0.1) is 0 Å².